The average molecular weight is 265 g/mol. The van der Waals surface area contributed by atoms with Crippen molar-refractivity contribution in [2.45, 2.75) is 46.1 Å². The zero-order valence-corrected chi connectivity index (χ0v) is 13.2. The summed E-state index contributed by atoms with van der Waals surface area (Å²) in [6, 6.07) is 9.59. The van der Waals surface area contributed by atoms with Gasteiger partial charge in [0.2, 0.25) is 0 Å². The number of nitrogens with one attached hydrogen (secondary N) is 1. The van der Waals surface area contributed by atoms with E-state index in [1.807, 2.05) is 11.8 Å². The molecule has 1 aromatic carbocycles. The lowest BCUT2D eigenvalue weighted by atomic mass is 9.86. The first kappa shape index (κ1) is 15.6. The van der Waals surface area contributed by atoms with Crippen LogP contribution < -0.4 is 5.32 Å². The predicted octanol–water partition coefficient (Wildman–Crippen LogP) is 4.39. The Hall–Kier alpha value is -0.470. The largest absolute Gasteiger partial charge is 0.310 e. The lowest BCUT2D eigenvalue weighted by Gasteiger charge is -2.22. The molecule has 0 aliphatic heterocycles. The highest BCUT2D eigenvalue weighted by Gasteiger charge is 2.15. The molecule has 0 spiro atoms. The van der Waals surface area contributed by atoms with Gasteiger partial charge in [-0.3, -0.25) is 0 Å². The molecule has 0 radical (unpaired) electrons. The second-order valence-electron chi connectivity index (χ2n) is 5.64. The Morgan fingerprint density at radius 2 is 1.72 bits per heavy atom. The van der Waals surface area contributed by atoms with E-state index in [4.69, 9.17) is 0 Å². The molecule has 18 heavy (non-hydrogen) atoms. The van der Waals surface area contributed by atoms with E-state index in [1.165, 1.54) is 16.9 Å². The molecule has 102 valence electrons. The van der Waals surface area contributed by atoms with Gasteiger partial charge in [0.1, 0.15) is 0 Å². The summed E-state index contributed by atoms with van der Waals surface area (Å²) in [6.45, 7) is 12.2. The Labute approximate surface area is 117 Å². The SMILES string of the molecule is CCNC(CSCC)c1ccc(C(C)(C)C)cc1. The molecule has 0 saturated carbocycles. The molecule has 1 atom stereocenters. The van der Waals surface area contributed by atoms with Gasteiger partial charge in [-0.05, 0) is 28.8 Å². The van der Waals surface area contributed by atoms with Gasteiger partial charge in [-0.2, -0.15) is 11.8 Å². The first-order chi connectivity index (χ1) is 8.49. The Bertz CT molecular complexity index is 337. The van der Waals surface area contributed by atoms with Gasteiger partial charge in [0, 0.05) is 11.8 Å². The molecular formula is C16H27NS. The Balaban J connectivity index is 2.79. The van der Waals surface area contributed by atoms with Crippen molar-refractivity contribution in [1.82, 2.24) is 5.32 Å². The summed E-state index contributed by atoms with van der Waals surface area (Å²) < 4.78 is 0. The van der Waals surface area contributed by atoms with Crippen molar-refractivity contribution in [3.05, 3.63) is 35.4 Å². The van der Waals surface area contributed by atoms with E-state index >= 15 is 0 Å². The van der Waals surface area contributed by atoms with Crippen LogP contribution in [0, 0.1) is 0 Å². The minimum Gasteiger partial charge on any atom is -0.310 e. The molecule has 1 N–H and O–H groups in total. The predicted molar refractivity (Wildman–Crippen MR) is 84.6 cm³/mol. The highest BCUT2D eigenvalue weighted by molar-refractivity contribution is 7.99. The molecule has 0 fully saturated rings. The summed E-state index contributed by atoms with van der Waals surface area (Å²) in [4.78, 5) is 0. The van der Waals surface area contributed by atoms with Crippen LogP contribution in [0.15, 0.2) is 24.3 Å². The summed E-state index contributed by atoms with van der Waals surface area (Å²) in [5.74, 6) is 2.33. The summed E-state index contributed by atoms with van der Waals surface area (Å²) in [6.07, 6.45) is 0. The smallest absolute Gasteiger partial charge is 0.0411 e. The van der Waals surface area contributed by atoms with Gasteiger partial charge >= 0.3 is 0 Å². The van der Waals surface area contributed by atoms with Crippen molar-refractivity contribution < 1.29 is 0 Å². The summed E-state index contributed by atoms with van der Waals surface area (Å²) in [5.41, 5.74) is 3.06. The number of hydrogen-bond acceptors (Lipinski definition) is 2. The minimum atomic E-state index is 0.240. The Morgan fingerprint density at radius 1 is 1.11 bits per heavy atom. The Kier molecular flexibility index (Phi) is 6.24. The topological polar surface area (TPSA) is 12.0 Å². The van der Waals surface area contributed by atoms with Crippen LogP contribution in [0.2, 0.25) is 0 Å². The van der Waals surface area contributed by atoms with Crippen molar-refractivity contribution in [3.63, 3.8) is 0 Å². The molecule has 1 rings (SSSR count). The Morgan fingerprint density at radius 3 is 2.17 bits per heavy atom. The number of thioether (sulfide) groups is 1. The van der Waals surface area contributed by atoms with Crippen LogP contribution in [-0.2, 0) is 5.41 Å². The van der Waals surface area contributed by atoms with Gasteiger partial charge in [0.05, 0.1) is 0 Å². The highest BCUT2D eigenvalue weighted by Crippen LogP contribution is 2.25. The summed E-state index contributed by atoms with van der Waals surface area (Å²) in [7, 11) is 0. The van der Waals surface area contributed by atoms with E-state index in [9.17, 15) is 0 Å². The maximum absolute atomic E-state index is 3.57. The molecule has 1 unspecified atom stereocenters. The van der Waals surface area contributed by atoms with E-state index in [-0.39, 0.29) is 5.41 Å². The van der Waals surface area contributed by atoms with E-state index in [0.717, 1.165) is 12.3 Å². The molecule has 2 heteroatoms. The molecule has 0 aliphatic carbocycles. The van der Waals surface area contributed by atoms with Gasteiger partial charge in [0.25, 0.3) is 0 Å². The molecular weight excluding hydrogens is 238 g/mol. The van der Waals surface area contributed by atoms with Gasteiger partial charge in [-0.1, -0.05) is 58.9 Å². The van der Waals surface area contributed by atoms with Crippen LogP contribution in [0.3, 0.4) is 0 Å². The van der Waals surface area contributed by atoms with Crippen molar-refractivity contribution in [2.24, 2.45) is 0 Å². The van der Waals surface area contributed by atoms with Crippen molar-refractivity contribution in [2.75, 3.05) is 18.1 Å². The molecule has 0 saturated heterocycles. The first-order valence-electron chi connectivity index (χ1n) is 6.90. The normalized spacial score (nSPS) is 13.6. The van der Waals surface area contributed by atoms with Crippen molar-refractivity contribution in [3.8, 4) is 0 Å². The summed E-state index contributed by atoms with van der Waals surface area (Å²) >= 11 is 2.00. The zero-order chi connectivity index (χ0) is 13.6. The quantitative estimate of drug-likeness (QED) is 0.819. The van der Waals surface area contributed by atoms with Gasteiger partial charge in [-0.25, -0.2) is 0 Å². The maximum Gasteiger partial charge on any atom is 0.0411 e. The summed E-state index contributed by atoms with van der Waals surface area (Å²) in [5, 5.41) is 3.57. The lowest BCUT2D eigenvalue weighted by molar-refractivity contribution is 0.585. The first-order valence-corrected chi connectivity index (χ1v) is 8.06. The van der Waals surface area contributed by atoms with Crippen LogP contribution in [0.25, 0.3) is 0 Å². The highest BCUT2D eigenvalue weighted by atomic mass is 32.2. The second kappa shape index (κ2) is 7.20. The number of benzene rings is 1. The molecule has 0 amide bonds. The average Bonchev–Trinajstić information content (AvgIpc) is 2.33. The standard InChI is InChI=1S/C16H27NS/c1-6-17-15(12-18-7-2)13-8-10-14(11-9-13)16(3,4)5/h8-11,15,17H,6-7,12H2,1-5H3. The third-order valence-corrected chi connectivity index (χ3v) is 4.10. The monoisotopic (exact) mass is 265 g/mol. The van der Waals surface area contributed by atoms with Gasteiger partial charge in [-0.15, -0.1) is 0 Å². The number of hydrogen-bond donors (Lipinski definition) is 1. The lowest BCUT2D eigenvalue weighted by Crippen LogP contribution is -2.23. The van der Waals surface area contributed by atoms with Crippen molar-refractivity contribution >= 4 is 11.8 Å². The molecule has 0 aliphatic rings. The van der Waals surface area contributed by atoms with Gasteiger partial charge < -0.3 is 5.32 Å². The van der Waals surface area contributed by atoms with E-state index in [2.05, 4.69) is 64.2 Å². The molecule has 1 nitrogen and oxygen atoms in total. The molecule has 0 aromatic heterocycles. The van der Waals surface area contributed by atoms with E-state index in [0.29, 0.717) is 6.04 Å². The van der Waals surface area contributed by atoms with E-state index < -0.39 is 0 Å². The zero-order valence-electron chi connectivity index (χ0n) is 12.4. The van der Waals surface area contributed by atoms with E-state index in [1.54, 1.807) is 0 Å². The minimum absolute atomic E-state index is 0.240. The van der Waals surface area contributed by atoms with Crippen LogP contribution in [0.4, 0.5) is 0 Å². The molecule has 0 bridgehead atoms. The van der Waals surface area contributed by atoms with Crippen LogP contribution in [0.1, 0.15) is 51.8 Å². The van der Waals surface area contributed by atoms with Gasteiger partial charge in [0.15, 0.2) is 0 Å². The fraction of sp³-hybridized carbons (Fsp3) is 0.625. The third-order valence-electron chi connectivity index (χ3n) is 3.12. The fourth-order valence-electron chi connectivity index (χ4n) is 1.97. The fourth-order valence-corrected chi connectivity index (χ4v) is 2.75. The van der Waals surface area contributed by atoms with Crippen LogP contribution in [-0.4, -0.2) is 18.1 Å². The van der Waals surface area contributed by atoms with Crippen LogP contribution in [0.5, 0.6) is 0 Å². The van der Waals surface area contributed by atoms with Crippen LogP contribution >= 0.6 is 11.8 Å². The molecule has 1 aromatic rings. The van der Waals surface area contributed by atoms with Crippen molar-refractivity contribution in [1.29, 1.82) is 0 Å². The third kappa shape index (κ3) is 4.66. The molecule has 0 heterocycles. The number of rotatable bonds is 6. The second-order valence-corrected chi connectivity index (χ2v) is 6.96. The maximum atomic E-state index is 3.57.